The standard InChI is InChI=1S/C23H39N/c1-3-18-5-7-20(8-6-18)21-9-11-22(12-10-21)23(17-24)15-13-19(4-2)14-16-23/h18-22H,3-16H2,1-2H3. The van der Waals surface area contributed by atoms with Gasteiger partial charge in [-0.3, -0.25) is 0 Å². The van der Waals surface area contributed by atoms with Crippen LogP contribution in [0.1, 0.15) is 104 Å². The van der Waals surface area contributed by atoms with Gasteiger partial charge in [-0.05, 0) is 93.8 Å². The first kappa shape index (κ1) is 18.3. The Morgan fingerprint density at radius 3 is 1.62 bits per heavy atom. The normalized spacial score (nSPS) is 44.0. The molecule has 3 saturated carbocycles. The van der Waals surface area contributed by atoms with E-state index in [4.69, 9.17) is 0 Å². The predicted octanol–water partition coefficient (Wildman–Crippen LogP) is 7.12. The smallest absolute Gasteiger partial charge is 0.0692 e. The van der Waals surface area contributed by atoms with Crippen molar-refractivity contribution >= 4 is 0 Å². The monoisotopic (exact) mass is 329 g/mol. The van der Waals surface area contributed by atoms with E-state index in [9.17, 15) is 5.26 Å². The molecule has 1 heteroatoms. The van der Waals surface area contributed by atoms with Gasteiger partial charge in [-0.1, -0.05) is 39.5 Å². The Hall–Kier alpha value is -0.510. The molecule has 0 amide bonds. The molecule has 0 radical (unpaired) electrons. The minimum atomic E-state index is 0.0521. The van der Waals surface area contributed by atoms with Crippen LogP contribution >= 0.6 is 0 Å². The minimum Gasteiger partial charge on any atom is -0.198 e. The molecule has 0 aliphatic heterocycles. The van der Waals surface area contributed by atoms with Crippen LogP contribution in [0.2, 0.25) is 0 Å². The molecule has 3 aliphatic carbocycles. The van der Waals surface area contributed by atoms with E-state index in [0.717, 1.165) is 23.7 Å². The van der Waals surface area contributed by atoms with Gasteiger partial charge in [-0.15, -0.1) is 0 Å². The average Bonchev–Trinajstić information content (AvgIpc) is 2.68. The second-order valence-corrected chi connectivity index (χ2v) is 9.42. The lowest BCUT2D eigenvalue weighted by molar-refractivity contribution is 0.0660. The van der Waals surface area contributed by atoms with Gasteiger partial charge in [-0.25, -0.2) is 0 Å². The Balaban J connectivity index is 1.50. The van der Waals surface area contributed by atoms with Crippen LogP contribution in [-0.2, 0) is 0 Å². The van der Waals surface area contributed by atoms with Gasteiger partial charge in [-0.2, -0.15) is 5.26 Å². The van der Waals surface area contributed by atoms with Gasteiger partial charge in [0, 0.05) is 0 Å². The first-order chi connectivity index (χ1) is 11.7. The molecule has 0 aromatic rings. The van der Waals surface area contributed by atoms with Gasteiger partial charge in [0.05, 0.1) is 11.5 Å². The van der Waals surface area contributed by atoms with Gasteiger partial charge in [0.25, 0.3) is 0 Å². The largest absolute Gasteiger partial charge is 0.198 e. The Morgan fingerprint density at radius 1 is 0.708 bits per heavy atom. The number of nitriles is 1. The molecule has 3 rings (SSSR count). The Kier molecular flexibility index (Phi) is 6.28. The third-order valence-corrected chi connectivity index (χ3v) is 8.49. The Bertz CT molecular complexity index is 410. The highest BCUT2D eigenvalue weighted by Crippen LogP contribution is 2.52. The number of hydrogen-bond donors (Lipinski definition) is 0. The van der Waals surface area contributed by atoms with E-state index in [0.29, 0.717) is 5.92 Å². The fourth-order valence-corrected chi connectivity index (χ4v) is 6.42. The SMILES string of the molecule is CCC1CCC(C2CCC(C3(C#N)CCC(CC)CC3)CC2)CC1. The van der Waals surface area contributed by atoms with Crippen molar-refractivity contribution in [3.05, 3.63) is 0 Å². The third kappa shape index (κ3) is 3.84. The molecular formula is C23H39N. The van der Waals surface area contributed by atoms with E-state index in [1.807, 2.05) is 0 Å². The summed E-state index contributed by atoms with van der Waals surface area (Å²) in [7, 11) is 0. The maximum Gasteiger partial charge on any atom is 0.0692 e. The lowest BCUT2D eigenvalue weighted by Crippen LogP contribution is -2.37. The molecule has 0 aromatic heterocycles. The lowest BCUT2D eigenvalue weighted by atomic mass is 9.58. The molecule has 0 N–H and O–H groups in total. The van der Waals surface area contributed by atoms with E-state index >= 15 is 0 Å². The van der Waals surface area contributed by atoms with Crippen molar-refractivity contribution in [3.63, 3.8) is 0 Å². The van der Waals surface area contributed by atoms with Gasteiger partial charge < -0.3 is 0 Å². The molecular weight excluding hydrogens is 290 g/mol. The topological polar surface area (TPSA) is 23.8 Å². The molecule has 1 nitrogen and oxygen atoms in total. The van der Waals surface area contributed by atoms with Gasteiger partial charge in [0.2, 0.25) is 0 Å². The van der Waals surface area contributed by atoms with Crippen molar-refractivity contribution in [2.75, 3.05) is 0 Å². The van der Waals surface area contributed by atoms with Gasteiger partial charge in [0.15, 0.2) is 0 Å². The van der Waals surface area contributed by atoms with E-state index in [1.54, 1.807) is 0 Å². The second-order valence-electron chi connectivity index (χ2n) is 9.42. The van der Waals surface area contributed by atoms with Crippen molar-refractivity contribution in [1.29, 1.82) is 5.26 Å². The highest BCUT2D eigenvalue weighted by Gasteiger charge is 2.44. The van der Waals surface area contributed by atoms with Gasteiger partial charge >= 0.3 is 0 Å². The van der Waals surface area contributed by atoms with Crippen LogP contribution in [0.4, 0.5) is 0 Å². The summed E-state index contributed by atoms with van der Waals surface area (Å²) in [5.74, 6) is 4.64. The molecule has 3 fully saturated rings. The zero-order valence-corrected chi connectivity index (χ0v) is 16.2. The summed E-state index contributed by atoms with van der Waals surface area (Å²) in [4.78, 5) is 0. The lowest BCUT2D eigenvalue weighted by Gasteiger charge is -2.45. The van der Waals surface area contributed by atoms with Crippen LogP contribution in [0.25, 0.3) is 0 Å². The van der Waals surface area contributed by atoms with Crippen LogP contribution in [0.3, 0.4) is 0 Å². The molecule has 24 heavy (non-hydrogen) atoms. The Labute approximate surface area is 150 Å². The predicted molar refractivity (Wildman–Crippen MR) is 101 cm³/mol. The fourth-order valence-electron chi connectivity index (χ4n) is 6.42. The molecule has 0 unspecified atom stereocenters. The zero-order valence-electron chi connectivity index (χ0n) is 16.2. The van der Waals surface area contributed by atoms with E-state index in [-0.39, 0.29) is 5.41 Å². The first-order valence-electron chi connectivity index (χ1n) is 11.1. The minimum absolute atomic E-state index is 0.0521. The third-order valence-electron chi connectivity index (χ3n) is 8.49. The van der Waals surface area contributed by atoms with Crippen molar-refractivity contribution in [1.82, 2.24) is 0 Å². The molecule has 136 valence electrons. The highest BCUT2D eigenvalue weighted by atomic mass is 14.5. The quantitative estimate of drug-likeness (QED) is 0.538. The summed E-state index contributed by atoms with van der Waals surface area (Å²) in [6.07, 6.45) is 19.2. The van der Waals surface area contributed by atoms with Crippen molar-refractivity contribution in [2.45, 2.75) is 104 Å². The molecule has 0 bridgehead atoms. The number of hydrogen-bond acceptors (Lipinski definition) is 1. The average molecular weight is 330 g/mol. The second kappa shape index (κ2) is 8.25. The molecule has 0 heterocycles. The van der Waals surface area contributed by atoms with Crippen molar-refractivity contribution in [3.8, 4) is 6.07 Å². The van der Waals surface area contributed by atoms with E-state index in [2.05, 4.69) is 19.9 Å². The fraction of sp³-hybridized carbons (Fsp3) is 0.957. The van der Waals surface area contributed by atoms with Crippen LogP contribution in [-0.4, -0.2) is 0 Å². The van der Waals surface area contributed by atoms with Crippen LogP contribution < -0.4 is 0 Å². The van der Waals surface area contributed by atoms with Gasteiger partial charge in [0.1, 0.15) is 0 Å². The van der Waals surface area contributed by atoms with E-state index < -0.39 is 0 Å². The molecule has 0 spiro atoms. The summed E-state index contributed by atoms with van der Waals surface area (Å²) in [5, 5.41) is 9.97. The number of nitrogens with zero attached hydrogens (tertiary/aromatic N) is 1. The van der Waals surface area contributed by atoms with Crippen LogP contribution in [0.15, 0.2) is 0 Å². The van der Waals surface area contributed by atoms with Crippen molar-refractivity contribution in [2.24, 2.45) is 35.0 Å². The highest BCUT2D eigenvalue weighted by molar-refractivity contribution is 5.06. The molecule has 0 aromatic carbocycles. The Morgan fingerprint density at radius 2 is 1.17 bits per heavy atom. The summed E-state index contributed by atoms with van der Waals surface area (Å²) in [6.45, 7) is 4.69. The first-order valence-corrected chi connectivity index (χ1v) is 11.1. The maximum atomic E-state index is 9.97. The summed E-state index contributed by atoms with van der Waals surface area (Å²) in [6, 6.07) is 2.84. The summed E-state index contributed by atoms with van der Waals surface area (Å²) < 4.78 is 0. The molecule has 0 saturated heterocycles. The van der Waals surface area contributed by atoms with Crippen LogP contribution in [0, 0.1) is 46.3 Å². The van der Waals surface area contributed by atoms with Crippen molar-refractivity contribution < 1.29 is 0 Å². The summed E-state index contributed by atoms with van der Waals surface area (Å²) in [5.41, 5.74) is 0.0521. The summed E-state index contributed by atoms with van der Waals surface area (Å²) >= 11 is 0. The maximum absolute atomic E-state index is 9.97. The van der Waals surface area contributed by atoms with Crippen LogP contribution in [0.5, 0.6) is 0 Å². The number of rotatable bonds is 4. The molecule has 3 aliphatic rings. The molecule has 0 atom stereocenters. The van der Waals surface area contributed by atoms with E-state index in [1.165, 1.54) is 89.9 Å². The zero-order chi connectivity index (χ0) is 17.0.